The van der Waals surface area contributed by atoms with Crippen LogP contribution in [0.1, 0.15) is 5.56 Å². The number of para-hydroxylation sites is 1. The van der Waals surface area contributed by atoms with Crippen LogP contribution in [0.4, 0.5) is 0 Å². The monoisotopic (exact) mass is 294 g/mol. The van der Waals surface area contributed by atoms with E-state index in [-0.39, 0.29) is 0 Å². The molecule has 2 aromatic carbocycles. The maximum atomic E-state index is 10.8. The van der Waals surface area contributed by atoms with E-state index in [2.05, 4.69) is 22.9 Å². The summed E-state index contributed by atoms with van der Waals surface area (Å²) < 4.78 is 2.11. The molecule has 3 rings (SSSR count). The molecule has 0 bridgehead atoms. The minimum absolute atomic E-state index is 0.338. The van der Waals surface area contributed by atoms with E-state index in [4.69, 9.17) is 10.8 Å². The van der Waals surface area contributed by atoms with Crippen LogP contribution in [0.15, 0.2) is 54.7 Å². The first-order chi connectivity index (χ1) is 10.6. The Morgan fingerprint density at radius 3 is 2.55 bits per heavy atom. The lowest BCUT2D eigenvalue weighted by atomic mass is 10.0. The highest BCUT2D eigenvalue weighted by molar-refractivity contribution is 5.96. The van der Waals surface area contributed by atoms with Crippen molar-refractivity contribution in [3.05, 3.63) is 60.3 Å². The van der Waals surface area contributed by atoms with E-state index in [1.165, 1.54) is 16.5 Å². The molecule has 4 heteroatoms. The van der Waals surface area contributed by atoms with Crippen LogP contribution < -0.4 is 5.73 Å². The van der Waals surface area contributed by atoms with Crippen LogP contribution in [-0.2, 0) is 18.3 Å². The first kappa shape index (κ1) is 14.4. The van der Waals surface area contributed by atoms with Gasteiger partial charge in [0.1, 0.15) is 6.04 Å². The van der Waals surface area contributed by atoms with E-state index in [1.54, 1.807) is 0 Å². The van der Waals surface area contributed by atoms with Gasteiger partial charge in [-0.1, -0.05) is 42.5 Å². The number of aromatic nitrogens is 1. The second-order valence-corrected chi connectivity index (χ2v) is 5.52. The third-order valence-electron chi connectivity index (χ3n) is 3.93. The summed E-state index contributed by atoms with van der Waals surface area (Å²) in [6.45, 7) is 0. The Balaban J connectivity index is 1.93. The van der Waals surface area contributed by atoms with Gasteiger partial charge in [0.15, 0.2) is 0 Å². The molecule has 112 valence electrons. The lowest BCUT2D eigenvalue weighted by molar-refractivity contribution is -0.138. The molecule has 0 radical (unpaired) electrons. The number of carboxylic acid groups (broad SMARTS) is 1. The largest absolute Gasteiger partial charge is 0.480 e. The minimum Gasteiger partial charge on any atom is -0.480 e. The third-order valence-corrected chi connectivity index (χ3v) is 3.93. The van der Waals surface area contributed by atoms with Crippen LogP contribution in [0.25, 0.3) is 22.0 Å². The standard InChI is InChI=1S/C18H18N2O2/c1-20-11-15(14-4-2-3-5-17(14)20)13-8-6-12(7-9-13)10-16(19)18(21)22/h2-9,11,16H,10,19H2,1H3,(H,21,22)/t16-/m0/s1. The number of fused-ring (bicyclic) bond motifs is 1. The van der Waals surface area contributed by atoms with Crippen LogP contribution in [0.3, 0.4) is 0 Å². The summed E-state index contributed by atoms with van der Waals surface area (Å²) in [5, 5.41) is 10.1. The van der Waals surface area contributed by atoms with Gasteiger partial charge in [-0.25, -0.2) is 0 Å². The molecule has 22 heavy (non-hydrogen) atoms. The van der Waals surface area contributed by atoms with Crippen molar-refractivity contribution < 1.29 is 9.90 Å². The number of benzene rings is 2. The predicted molar refractivity (Wildman–Crippen MR) is 87.7 cm³/mol. The van der Waals surface area contributed by atoms with Gasteiger partial charge in [0.2, 0.25) is 0 Å². The fourth-order valence-electron chi connectivity index (χ4n) is 2.73. The van der Waals surface area contributed by atoms with Crippen molar-refractivity contribution in [2.45, 2.75) is 12.5 Å². The molecule has 1 aromatic heterocycles. The SMILES string of the molecule is Cn1cc(-c2ccc(C[C@H](N)C(=O)O)cc2)c2ccccc21. The summed E-state index contributed by atoms with van der Waals surface area (Å²) in [5.41, 5.74) is 9.98. The molecule has 0 fully saturated rings. The molecular formula is C18H18N2O2. The lowest BCUT2D eigenvalue weighted by Gasteiger charge is -2.07. The molecule has 0 saturated heterocycles. The summed E-state index contributed by atoms with van der Waals surface area (Å²) in [6.07, 6.45) is 2.45. The van der Waals surface area contributed by atoms with Crippen molar-refractivity contribution in [1.82, 2.24) is 4.57 Å². The van der Waals surface area contributed by atoms with Crippen molar-refractivity contribution >= 4 is 16.9 Å². The Labute approximate surface area is 128 Å². The Kier molecular flexibility index (Phi) is 3.69. The van der Waals surface area contributed by atoms with Gasteiger partial charge in [-0.05, 0) is 23.6 Å². The fourth-order valence-corrected chi connectivity index (χ4v) is 2.73. The first-order valence-electron chi connectivity index (χ1n) is 7.18. The van der Waals surface area contributed by atoms with Crippen LogP contribution in [0.2, 0.25) is 0 Å². The van der Waals surface area contributed by atoms with Gasteiger partial charge in [-0.15, -0.1) is 0 Å². The van der Waals surface area contributed by atoms with E-state index in [0.29, 0.717) is 6.42 Å². The zero-order valence-electron chi connectivity index (χ0n) is 12.4. The molecule has 1 heterocycles. The highest BCUT2D eigenvalue weighted by atomic mass is 16.4. The molecule has 0 aliphatic carbocycles. The second kappa shape index (κ2) is 5.66. The van der Waals surface area contributed by atoms with Gasteiger partial charge in [-0.3, -0.25) is 4.79 Å². The second-order valence-electron chi connectivity index (χ2n) is 5.52. The zero-order valence-corrected chi connectivity index (χ0v) is 12.4. The van der Waals surface area contributed by atoms with Crippen molar-refractivity contribution in [3.63, 3.8) is 0 Å². The summed E-state index contributed by atoms with van der Waals surface area (Å²) in [6, 6.07) is 15.3. The minimum atomic E-state index is -0.974. The molecule has 0 aliphatic rings. The molecule has 0 aliphatic heterocycles. The summed E-state index contributed by atoms with van der Waals surface area (Å²) in [5.74, 6) is -0.974. The number of aryl methyl sites for hydroxylation is 1. The highest BCUT2D eigenvalue weighted by Crippen LogP contribution is 2.30. The molecule has 3 N–H and O–H groups in total. The summed E-state index contributed by atoms with van der Waals surface area (Å²) in [7, 11) is 2.03. The third kappa shape index (κ3) is 2.61. The number of nitrogens with zero attached hydrogens (tertiary/aromatic N) is 1. The van der Waals surface area contributed by atoms with Crippen molar-refractivity contribution in [3.8, 4) is 11.1 Å². The van der Waals surface area contributed by atoms with E-state index in [1.807, 2.05) is 43.4 Å². The number of rotatable bonds is 4. The number of hydrogen-bond donors (Lipinski definition) is 2. The van der Waals surface area contributed by atoms with Crippen molar-refractivity contribution in [1.29, 1.82) is 0 Å². The quantitative estimate of drug-likeness (QED) is 0.777. The Bertz CT molecular complexity index is 819. The van der Waals surface area contributed by atoms with Gasteiger partial charge in [0.25, 0.3) is 0 Å². The molecule has 0 spiro atoms. The Hall–Kier alpha value is -2.59. The number of aliphatic carboxylic acids is 1. The van der Waals surface area contributed by atoms with E-state index in [0.717, 1.165) is 11.1 Å². The van der Waals surface area contributed by atoms with Crippen molar-refractivity contribution in [2.24, 2.45) is 12.8 Å². The zero-order chi connectivity index (χ0) is 15.7. The highest BCUT2D eigenvalue weighted by Gasteiger charge is 2.12. The van der Waals surface area contributed by atoms with Gasteiger partial charge < -0.3 is 15.4 Å². The van der Waals surface area contributed by atoms with Crippen LogP contribution in [-0.4, -0.2) is 21.7 Å². The van der Waals surface area contributed by atoms with Gasteiger partial charge in [-0.2, -0.15) is 0 Å². The van der Waals surface area contributed by atoms with Crippen LogP contribution in [0.5, 0.6) is 0 Å². The lowest BCUT2D eigenvalue weighted by Crippen LogP contribution is -2.32. The van der Waals surface area contributed by atoms with Gasteiger partial charge in [0.05, 0.1) is 0 Å². The van der Waals surface area contributed by atoms with Crippen LogP contribution >= 0.6 is 0 Å². The molecular weight excluding hydrogens is 276 g/mol. The number of carboxylic acids is 1. The van der Waals surface area contributed by atoms with E-state index in [9.17, 15) is 4.79 Å². The molecule has 4 nitrogen and oxygen atoms in total. The number of carbonyl (C=O) groups is 1. The average Bonchev–Trinajstić information content (AvgIpc) is 2.86. The Morgan fingerprint density at radius 1 is 1.18 bits per heavy atom. The smallest absolute Gasteiger partial charge is 0.320 e. The number of nitrogens with two attached hydrogens (primary N) is 1. The van der Waals surface area contributed by atoms with Gasteiger partial charge in [0, 0.05) is 29.7 Å². The molecule has 3 aromatic rings. The Morgan fingerprint density at radius 2 is 1.86 bits per heavy atom. The normalized spacial score (nSPS) is 12.5. The van der Waals surface area contributed by atoms with Gasteiger partial charge >= 0.3 is 5.97 Å². The molecule has 1 atom stereocenters. The number of hydrogen-bond acceptors (Lipinski definition) is 2. The van der Waals surface area contributed by atoms with Crippen LogP contribution in [0, 0.1) is 0 Å². The molecule has 0 unspecified atom stereocenters. The summed E-state index contributed by atoms with van der Waals surface area (Å²) >= 11 is 0. The van der Waals surface area contributed by atoms with Crippen molar-refractivity contribution in [2.75, 3.05) is 0 Å². The predicted octanol–water partition coefficient (Wildman–Crippen LogP) is 2.80. The summed E-state index contributed by atoms with van der Waals surface area (Å²) in [4.78, 5) is 10.8. The maximum Gasteiger partial charge on any atom is 0.320 e. The molecule has 0 amide bonds. The first-order valence-corrected chi connectivity index (χ1v) is 7.18. The topological polar surface area (TPSA) is 68.2 Å². The van der Waals surface area contributed by atoms with E-state index < -0.39 is 12.0 Å². The molecule has 0 saturated carbocycles. The maximum absolute atomic E-state index is 10.8. The average molecular weight is 294 g/mol. The fraction of sp³-hybridized carbons (Fsp3) is 0.167. The van der Waals surface area contributed by atoms with E-state index >= 15 is 0 Å².